The highest BCUT2D eigenvalue weighted by atomic mass is 16.6. The summed E-state index contributed by atoms with van der Waals surface area (Å²) in [5.74, 6) is 7.37. The van der Waals surface area contributed by atoms with E-state index in [4.69, 9.17) is 10.6 Å². The van der Waals surface area contributed by atoms with Gasteiger partial charge in [0.2, 0.25) is 0 Å². The molecule has 23 heavy (non-hydrogen) atoms. The van der Waals surface area contributed by atoms with Gasteiger partial charge in [0.1, 0.15) is 12.4 Å². The first kappa shape index (κ1) is 17.5. The quantitative estimate of drug-likeness (QED) is 0.730. The van der Waals surface area contributed by atoms with Crippen molar-refractivity contribution >= 4 is 0 Å². The molecular formula is C20H27NO2. The van der Waals surface area contributed by atoms with E-state index in [0.717, 1.165) is 23.3 Å². The molecular weight excluding hydrogens is 286 g/mol. The van der Waals surface area contributed by atoms with Crippen molar-refractivity contribution < 1.29 is 9.57 Å². The molecule has 0 bridgehead atoms. The summed E-state index contributed by atoms with van der Waals surface area (Å²) in [4.78, 5) is 4.62. The van der Waals surface area contributed by atoms with Crippen molar-refractivity contribution in [2.45, 2.75) is 40.4 Å². The molecule has 0 aliphatic heterocycles. The fourth-order valence-electron chi connectivity index (χ4n) is 2.32. The number of rotatable bonds is 8. The van der Waals surface area contributed by atoms with Crippen molar-refractivity contribution in [1.29, 1.82) is 0 Å². The van der Waals surface area contributed by atoms with Crippen LogP contribution in [-0.2, 0) is 24.5 Å². The van der Waals surface area contributed by atoms with Crippen LogP contribution in [0, 0.1) is 11.8 Å². The van der Waals surface area contributed by atoms with E-state index >= 15 is 0 Å². The summed E-state index contributed by atoms with van der Waals surface area (Å²) < 4.78 is 5.84. The van der Waals surface area contributed by atoms with Crippen LogP contribution in [0.5, 0.6) is 5.75 Å². The lowest BCUT2D eigenvalue weighted by Crippen LogP contribution is -2.07. The van der Waals surface area contributed by atoms with Gasteiger partial charge in [-0.25, -0.2) is 5.90 Å². The molecule has 0 saturated carbocycles. The molecule has 0 fully saturated rings. The minimum absolute atomic E-state index is 0.428. The van der Waals surface area contributed by atoms with Crippen molar-refractivity contribution in [3.05, 3.63) is 65.2 Å². The zero-order chi connectivity index (χ0) is 16.7. The predicted octanol–water partition coefficient (Wildman–Crippen LogP) is 4.49. The Balaban J connectivity index is 1.86. The molecule has 3 heteroatoms. The summed E-state index contributed by atoms with van der Waals surface area (Å²) in [7, 11) is 0. The van der Waals surface area contributed by atoms with Gasteiger partial charge in [0, 0.05) is 0 Å². The molecule has 2 aromatic rings. The molecule has 0 saturated heterocycles. The summed E-state index contributed by atoms with van der Waals surface area (Å²) in [6, 6.07) is 16.5. The molecule has 0 heterocycles. The Labute approximate surface area is 139 Å². The molecule has 124 valence electrons. The second-order valence-corrected chi connectivity index (χ2v) is 6.49. The number of hydrogen-bond donors (Lipinski definition) is 1. The Morgan fingerprint density at radius 3 is 1.83 bits per heavy atom. The molecule has 0 aliphatic carbocycles. The van der Waals surface area contributed by atoms with E-state index in [1.54, 1.807) is 0 Å². The van der Waals surface area contributed by atoms with Crippen LogP contribution in [0.4, 0.5) is 0 Å². The molecule has 1 unspecified atom stereocenters. The highest BCUT2D eigenvalue weighted by molar-refractivity contribution is 5.28. The highest BCUT2D eigenvalue weighted by Crippen LogP contribution is 2.20. The molecule has 2 rings (SSSR count). The van der Waals surface area contributed by atoms with E-state index in [1.165, 1.54) is 5.56 Å². The van der Waals surface area contributed by atoms with Crippen LogP contribution in [0.25, 0.3) is 0 Å². The molecule has 2 aromatic carbocycles. The topological polar surface area (TPSA) is 44.5 Å². The SMILES string of the molecule is CC(C)C(C)Cc1ccc(OCc2ccc(CON)cc2)cc1. The average molecular weight is 313 g/mol. The maximum absolute atomic E-state index is 5.84. The van der Waals surface area contributed by atoms with Crippen molar-refractivity contribution in [1.82, 2.24) is 0 Å². The third-order valence-corrected chi connectivity index (χ3v) is 4.30. The zero-order valence-electron chi connectivity index (χ0n) is 14.3. The van der Waals surface area contributed by atoms with Gasteiger partial charge in [-0.1, -0.05) is 57.2 Å². The maximum atomic E-state index is 5.84. The largest absolute Gasteiger partial charge is 0.489 e. The van der Waals surface area contributed by atoms with Gasteiger partial charge < -0.3 is 4.74 Å². The first-order valence-electron chi connectivity index (χ1n) is 8.19. The third kappa shape index (κ3) is 5.70. The fourth-order valence-corrected chi connectivity index (χ4v) is 2.32. The van der Waals surface area contributed by atoms with Crippen molar-refractivity contribution in [2.24, 2.45) is 17.7 Å². The molecule has 2 N–H and O–H groups in total. The predicted molar refractivity (Wildman–Crippen MR) is 93.9 cm³/mol. The monoisotopic (exact) mass is 313 g/mol. The number of benzene rings is 2. The van der Waals surface area contributed by atoms with Crippen LogP contribution in [0.3, 0.4) is 0 Å². The van der Waals surface area contributed by atoms with Crippen molar-refractivity contribution in [3.8, 4) is 5.75 Å². The molecule has 3 nitrogen and oxygen atoms in total. The Bertz CT molecular complexity index is 576. The van der Waals surface area contributed by atoms with Gasteiger partial charge in [-0.3, -0.25) is 4.84 Å². The van der Waals surface area contributed by atoms with Crippen LogP contribution >= 0.6 is 0 Å². The standard InChI is InChI=1S/C20H27NO2/c1-15(2)16(3)12-17-8-10-20(11-9-17)22-13-18-4-6-19(7-5-18)14-23-21/h4-11,15-16H,12-14,21H2,1-3H3. The molecule has 0 amide bonds. The van der Waals surface area contributed by atoms with Crippen LogP contribution in [0.1, 0.15) is 37.5 Å². The molecule has 0 aliphatic rings. The van der Waals surface area contributed by atoms with E-state index in [-0.39, 0.29) is 0 Å². The lowest BCUT2D eigenvalue weighted by atomic mass is 9.91. The lowest BCUT2D eigenvalue weighted by Gasteiger charge is -2.15. The number of nitrogens with two attached hydrogens (primary N) is 1. The van der Waals surface area contributed by atoms with E-state index in [2.05, 4.69) is 49.9 Å². The Hall–Kier alpha value is -1.84. The van der Waals surface area contributed by atoms with E-state index in [0.29, 0.717) is 25.0 Å². The number of ether oxygens (including phenoxy) is 1. The van der Waals surface area contributed by atoms with Gasteiger partial charge >= 0.3 is 0 Å². The van der Waals surface area contributed by atoms with E-state index in [9.17, 15) is 0 Å². The Kier molecular flexibility index (Phi) is 6.63. The smallest absolute Gasteiger partial charge is 0.119 e. The average Bonchev–Trinajstić information content (AvgIpc) is 2.55. The summed E-state index contributed by atoms with van der Waals surface area (Å²) in [5, 5.41) is 0. The summed E-state index contributed by atoms with van der Waals surface area (Å²) in [5.41, 5.74) is 3.55. The van der Waals surface area contributed by atoms with Gasteiger partial charge in [-0.2, -0.15) is 0 Å². The molecule has 1 atom stereocenters. The van der Waals surface area contributed by atoms with Gasteiger partial charge in [-0.15, -0.1) is 0 Å². The van der Waals surface area contributed by atoms with Gasteiger partial charge in [0.05, 0.1) is 6.61 Å². The summed E-state index contributed by atoms with van der Waals surface area (Å²) in [6.45, 7) is 7.83. The normalized spacial score (nSPS) is 12.4. The lowest BCUT2D eigenvalue weighted by molar-refractivity contribution is 0.124. The third-order valence-electron chi connectivity index (χ3n) is 4.30. The second kappa shape index (κ2) is 8.70. The van der Waals surface area contributed by atoms with E-state index in [1.807, 2.05) is 24.3 Å². The molecule has 0 radical (unpaired) electrons. The summed E-state index contributed by atoms with van der Waals surface area (Å²) in [6.07, 6.45) is 1.11. The first-order valence-corrected chi connectivity index (χ1v) is 8.19. The maximum Gasteiger partial charge on any atom is 0.119 e. The van der Waals surface area contributed by atoms with Gasteiger partial charge in [0.25, 0.3) is 0 Å². The van der Waals surface area contributed by atoms with Gasteiger partial charge in [-0.05, 0) is 47.1 Å². The van der Waals surface area contributed by atoms with Crippen LogP contribution in [0.2, 0.25) is 0 Å². The summed E-state index contributed by atoms with van der Waals surface area (Å²) >= 11 is 0. The highest BCUT2D eigenvalue weighted by Gasteiger charge is 2.08. The first-order chi connectivity index (χ1) is 11.1. The fraction of sp³-hybridized carbons (Fsp3) is 0.400. The zero-order valence-corrected chi connectivity index (χ0v) is 14.3. The molecule has 0 aromatic heterocycles. The molecule has 0 spiro atoms. The Morgan fingerprint density at radius 1 is 0.783 bits per heavy atom. The minimum atomic E-state index is 0.428. The van der Waals surface area contributed by atoms with Crippen molar-refractivity contribution in [3.63, 3.8) is 0 Å². The van der Waals surface area contributed by atoms with Crippen LogP contribution < -0.4 is 10.6 Å². The number of hydrogen-bond acceptors (Lipinski definition) is 3. The second-order valence-electron chi connectivity index (χ2n) is 6.49. The van der Waals surface area contributed by atoms with Crippen molar-refractivity contribution in [2.75, 3.05) is 0 Å². The van der Waals surface area contributed by atoms with Gasteiger partial charge in [0.15, 0.2) is 0 Å². The minimum Gasteiger partial charge on any atom is -0.489 e. The van der Waals surface area contributed by atoms with Crippen LogP contribution in [-0.4, -0.2) is 0 Å². The Morgan fingerprint density at radius 2 is 1.30 bits per heavy atom. The van der Waals surface area contributed by atoms with Crippen LogP contribution in [0.15, 0.2) is 48.5 Å². The van der Waals surface area contributed by atoms with E-state index < -0.39 is 0 Å².